The fraction of sp³-hybridized carbons (Fsp3) is 0.259. The van der Waals surface area contributed by atoms with Crippen LogP contribution in [0.2, 0.25) is 0 Å². The third-order valence-corrected chi connectivity index (χ3v) is 6.41. The first-order valence-corrected chi connectivity index (χ1v) is 11.2. The molecule has 1 amide bonds. The van der Waals surface area contributed by atoms with Crippen molar-refractivity contribution < 1.29 is 24.0 Å². The highest BCUT2D eigenvalue weighted by molar-refractivity contribution is 6.01. The fourth-order valence-electron chi connectivity index (χ4n) is 4.26. The Hall–Kier alpha value is -4.20. The van der Waals surface area contributed by atoms with E-state index in [0.29, 0.717) is 11.4 Å². The summed E-state index contributed by atoms with van der Waals surface area (Å²) in [5.41, 5.74) is 2.27. The highest BCUT2D eigenvalue weighted by Gasteiger charge is 2.38. The molecular formula is C27H26N2O6. The summed E-state index contributed by atoms with van der Waals surface area (Å²) < 4.78 is 10.8. The number of nitrogens with zero attached hydrogens (tertiary/aromatic N) is 2. The van der Waals surface area contributed by atoms with Crippen LogP contribution in [0.4, 0.5) is 11.4 Å². The first kappa shape index (κ1) is 23.9. The molecule has 180 valence electrons. The van der Waals surface area contributed by atoms with Crippen molar-refractivity contribution in [2.75, 3.05) is 18.6 Å². The predicted molar refractivity (Wildman–Crippen MR) is 131 cm³/mol. The standard InChI is InChI=1S/C27H26N2O6/c1-27(2,19-7-5-4-6-8-19)20-9-12-22(13-10-20)35-26(31)18-15-25(30)28(17-18)23-14-11-21(29(32)33)16-24(23)34-3/h4-14,16,18H,15,17H2,1-3H3/t18-/m1/s1. The van der Waals surface area contributed by atoms with E-state index in [0.717, 1.165) is 5.56 Å². The molecule has 1 aliphatic heterocycles. The van der Waals surface area contributed by atoms with Gasteiger partial charge < -0.3 is 14.4 Å². The van der Waals surface area contributed by atoms with Crippen molar-refractivity contribution in [2.45, 2.75) is 25.7 Å². The minimum atomic E-state index is -0.664. The maximum absolute atomic E-state index is 12.8. The van der Waals surface area contributed by atoms with Gasteiger partial charge in [0.15, 0.2) is 0 Å². The van der Waals surface area contributed by atoms with Crippen LogP contribution in [0, 0.1) is 16.0 Å². The van der Waals surface area contributed by atoms with Crippen molar-refractivity contribution in [1.29, 1.82) is 0 Å². The van der Waals surface area contributed by atoms with Gasteiger partial charge in [-0.1, -0.05) is 56.3 Å². The van der Waals surface area contributed by atoms with E-state index < -0.39 is 16.8 Å². The van der Waals surface area contributed by atoms with Gasteiger partial charge in [0.1, 0.15) is 11.5 Å². The zero-order chi connectivity index (χ0) is 25.2. The largest absolute Gasteiger partial charge is 0.494 e. The second-order valence-corrected chi connectivity index (χ2v) is 8.96. The summed E-state index contributed by atoms with van der Waals surface area (Å²) in [6.45, 7) is 4.37. The third-order valence-electron chi connectivity index (χ3n) is 6.41. The lowest BCUT2D eigenvalue weighted by molar-refractivity contribution is -0.384. The number of ether oxygens (including phenoxy) is 2. The summed E-state index contributed by atoms with van der Waals surface area (Å²) in [6.07, 6.45) is -0.0158. The maximum atomic E-state index is 12.8. The Kier molecular flexibility index (Phi) is 6.55. The Balaban J connectivity index is 1.45. The highest BCUT2D eigenvalue weighted by atomic mass is 16.6. The molecule has 0 saturated carbocycles. The SMILES string of the molecule is COc1cc([N+](=O)[O-])ccc1N1C[C@H](C(=O)Oc2ccc(C(C)(C)c3ccccc3)cc2)CC1=O. The lowest BCUT2D eigenvalue weighted by atomic mass is 9.78. The Morgan fingerprint density at radius 1 is 1.03 bits per heavy atom. The van der Waals surface area contributed by atoms with Gasteiger partial charge in [-0.15, -0.1) is 0 Å². The molecule has 3 aromatic rings. The molecule has 0 spiro atoms. The number of nitro groups is 1. The Morgan fingerprint density at radius 2 is 1.69 bits per heavy atom. The third kappa shape index (κ3) is 4.87. The second-order valence-electron chi connectivity index (χ2n) is 8.96. The molecule has 1 atom stereocenters. The van der Waals surface area contributed by atoms with Crippen LogP contribution < -0.4 is 14.4 Å². The average Bonchev–Trinajstić information content (AvgIpc) is 3.26. The molecule has 4 rings (SSSR count). The molecule has 0 aliphatic carbocycles. The van der Waals surface area contributed by atoms with E-state index in [2.05, 4.69) is 26.0 Å². The molecule has 3 aromatic carbocycles. The number of non-ortho nitro benzene ring substituents is 1. The molecular weight excluding hydrogens is 448 g/mol. The highest BCUT2D eigenvalue weighted by Crippen LogP contribution is 2.36. The number of benzene rings is 3. The summed E-state index contributed by atoms with van der Waals surface area (Å²) in [5, 5.41) is 11.0. The van der Waals surface area contributed by atoms with E-state index >= 15 is 0 Å². The maximum Gasteiger partial charge on any atom is 0.316 e. The smallest absolute Gasteiger partial charge is 0.316 e. The molecule has 1 fully saturated rings. The van der Waals surface area contributed by atoms with Crippen LogP contribution in [0.3, 0.4) is 0 Å². The molecule has 0 bridgehead atoms. The van der Waals surface area contributed by atoms with Crippen LogP contribution in [0.25, 0.3) is 0 Å². The Morgan fingerprint density at radius 3 is 2.31 bits per heavy atom. The minimum absolute atomic E-state index is 0.0158. The number of hydrogen-bond acceptors (Lipinski definition) is 6. The molecule has 1 aliphatic rings. The monoisotopic (exact) mass is 474 g/mol. The second kappa shape index (κ2) is 9.58. The van der Waals surface area contributed by atoms with Gasteiger partial charge in [0.25, 0.3) is 5.69 Å². The number of amides is 1. The minimum Gasteiger partial charge on any atom is -0.494 e. The van der Waals surface area contributed by atoms with E-state index in [1.807, 2.05) is 30.3 Å². The zero-order valence-electron chi connectivity index (χ0n) is 19.8. The van der Waals surface area contributed by atoms with Gasteiger partial charge >= 0.3 is 5.97 Å². The van der Waals surface area contributed by atoms with Crippen LogP contribution in [0.1, 0.15) is 31.4 Å². The molecule has 8 heteroatoms. The van der Waals surface area contributed by atoms with Crippen molar-refractivity contribution in [3.63, 3.8) is 0 Å². The summed E-state index contributed by atoms with van der Waals surface area (Å²) >= 11 is 0. The van der Waals surface area contributed by atoms with E-state index in [1.54, 1.807) is 12.1 Å². The number of anilines is 1. The summed E-state index contributed by atoms with van der Waals surface area (Å²) in [6, 6.07) is 21.5. The molecule has 8 nitrogen and oxygen atoms in total. The number of rotatable bonds is 7. The number of methoxy groups -OCH3 is 1. The molecule has 0 unspecified atom stereocenters. The van der Waals surface area contributed by atoms with E-state index in [-0.39, 0.29) is 35.7 Å². The molecule has 0 aromatic heterocycles. The van der Waals surface area contributed by atoms with Crippen molar-refractivity contribution >= 4 is 23.3 Å². The topological polar surface area (TPSA) is 99.0 Å². The normalized spacial score (nSPS) is 15.7. The van der Waals surface area contributed by atoms with Gasteiger partial charge in [-0.2, -0.15) is 0 Å². The van der Waals surface area contributed by atoms with Crippen LogP contribution >= 0.6 is 0 Å². The van der Waals surface area contributed by atoms with Crippen LogP contribution in [0.15, 0.2) is 72.8 Å². The van der Waals surface area contributed by atoms with Crippen molar-refractivity contribution in [2.24, 2.45) is 5.92 Å². The number of carbonyl (C=O) groups excluding carboxylic acids is 2. The predicted octanol–water partition coefficient (Wildman–Crippen LogP) is 4.89. The molecule has 0 N–H and O–H groups in total. The number of hydrogen-bond donors (Lipinski definition) is 0. The Bertz CT molecular complexity index is 1250. The van der Waals surface area contributed by atoms with Crippen LogP contribution in [-0.2, 0) is 15.0 Å². The van der Waals surface area contributed by atoms with E-state index in [4.69, 9.17) is 9.47 Å². The van der Waals surface area contributed by atoms with Crippen molar-refractivity contribution in [3.05, 3.63) is 94.0 Å². The molecule has 1 saturated heterocycles. The van der Waals surface area contributed by atoms with Gasteiger partial charge in [0, 0.05) is 24.4 Å². The van der Waals surface area contributed by atoms with Gasteiger partial charge in [0.05, 0.1) is 29.7 Å². The number of nitro benzene ring substituents is 1. The van der Waals surface area contributed by atoms with Crippen LogP contribution in [-0.4, -0.2) is 30.5 Å². The first-order chi connectivity index (χ1) is 16.7. The number of esters is 1. The molecule has 1 heterocycles. The number of carbonyl (C=O) groups is 2. The van der Waals surface area contributed by atoms with Gasteiger partial charge in [-0.05, 0) is 29.3 Å². The lowest BCUT2D eigenvalue weighted by Gasteiger charge is -2.26. The summed E-state index contributed by atoms with van der Waals surface area (Å²) in [7, 11) is 1.37. The van der Waals surface area contributed by atoms with Gasteiger partial charge in [0.2, 0.25) is 5.91 Å². The molecule has 35 heavy (non-hydrogen) atoms. The van der Waals surface area contributed by atoms with Gasteiger partial charge in [-0.3, -0.25) is 19.7 Å². The van der Waals surface area contributed by atoms with Gasteiger partial charge in [-0.25, -0.2) is 0 Å². The van der Waals surface area contributed by atoms with Crippen molar-refractivity contribution in [3.8, 4) is 11.5 Å². The summed E-state index contributed by atoms with van der Waals surface area (Å²) in [5.74, 6) is -0.849. The zero-order valence-corrected chi connectivity index (χ0v) is 19.8. The lowest BCUT2D eigenvalue weighted by Crippen LogP contribution is -2.27. The van der Waals surface area contributed by atoms with E-state index in [1.165, 1.54) is 35.8 Å². The quantitative estimate of drug-likeness (QED) is 0.209. The molecule has 0 radical (unpaired) electrons. The summed E-state index contributed by atoms with van der Waals surface area (Å²) in [4.78, 5) is 37.4. The first-order valence-electron chi connectivity index (χ1n) is 11.2. The Labute approximate surface area is 203 Å². The van der Waals surface area contributed by atoms with Crippen molar-refractivity contribution in [1.82, 2.24) is 0 Å². The van der Waals surface area contributed by atoms with E-state index in [9.17, 15) is 19.7 Å². The van der Waals surface area contributed by atoms with Crippen LogP contribution in [0.5, 0.6) is 11.5 Å². The average molecular weight is 475 g/mol. The fourth-order valence-corrected chi connectivity index (χ4v) is 4.26.